The van der Waals surface area contributed by atoms with Gasteiger partial charge in [0.1, 0.15) is 6.04 Å². The van der Waals surface area contributed by atoms with Crippen molar-refractivity contribution >= 4 is 17.7 Å². The Bertz CT molecular complexity index is 441. The first-order valence-corrected chi connectivity index (χ1v) is 6.33. The van der Waals surface area contributed by atoms with Gasteiger partial charge >= 0.3 is 0 Å². The standard InChI is InChI=1S/C13H16N2O3/c1-6(11(16)14-2)15-12(17)9-7-3-4-8(5-7)10(9)13(15)18/h3-4,6-10H,5H2,1-2H3,(H,14,16). The van der Waals surface area contributed by atoms with Gasteiger partial charge in [-0.2, -0.15) is 0 Å². The fraction of sp³-hybridized carbons (Fsp3) is 0.615. The van der Waals surface area contributed by atoms with E-state index in [1.807, 2.05) is 12.2 Å². The molecule has 1 heterocycles. The van der Waals surface area contributed by atoms with Crippen LogP contribution in [0.15, 0.2) is 12.2 Å². The number of allylic oxidation sites excluding steroid dienone is 2. The Kier molecular flexibility index (Phi) is 2.33. The molecule has 0 aromatic carbocycles. The lowest BCUT2D eigenvalue weighted by molar-refractivity contribution is -0.147. The summed E-state index contributed by atoms with van der Waals surface area (Å²) in [7, 11) is 1.51. The number of rotatable bonds is 2. The second-order valence-corrected chi connectivity index (χ2v) is 5.34. The van der Waals surface area contributed by atoms with E-state index in [4.69, 9.17) is 0 Å². The van der Waals surface area contributed by atoms with Crippen LogP contribution in [-0.2, 0) is 14.4 Å². The highest BCUT2D eigenvalue weighted by molar-refractivity contribution is 6.09. The van der Waals surface area contributed by atoms with Crippen LogP contribution in [0.1, 0.15) is 13.3 Å². The number of carbonyl (C=O) groups excluding carboxylic acids is 3. The zero-order valence-electron chi connectivity index (χ0n) is 10.4. The molecule has 2 aliphatic carbocycles. The van der Waals surface area contributed by atoms with Gasteiger partial charge in [-0.25, -0.2) is 0 Å². The molecule has 0 aromatic rings. The molecule has 96 valence electrons. The lowest BCUT2D eigenvalue weighted by Crippen LogP contribution is -2.48. The molecule has 5 unspecified atom stereocenters. The van der Waals surface area contributed by atoms with Crippen LogP contribution >= 0.6 is 0 Å². The summed E-state index contributed by atoms with van der Waals surface area (Å²) in [6, 6.07) is -0.708. The lowest BCUT2D eigenvalue weighted by Gasteiger charge is -2.23. The van der Waals surface area contributed by atoms with E-state index < -0.39 is 6.04 Å². The molecule has 0 radical (unpaired) electrons. The molecule has 1 N–H and O–H groups in total. The maximum Gasteiger partial charge on any atom is 0.242 e. The van der Waals surface area contributed by atoms with Crippen molar-refractivity contribution in [2.75, 3.05) is 7.05 Å². The minimum absolute atomic E-state index is 0.169. The summed E-state index contributed by atoms with van der Waals surface area (Å²) >= 11 is 0. The van der Waals surface area contributed by atoms with Gasteiger partial charge in [-0.3, -0.25) is 19.3 Å². The first kappa shape index (κ1) is 11.4. The van der Waals surface area contributed by atoms with E-state index in [0.717, 1.165) is 6.42 Å². The van der Waals surface area contributed by atoms with Gasteiger partial charge in [0.25, 0.3) is 0 Å². The van der Waals surface area contributed by atoms with Crippen LogP contribution in [0.25, 0.3) is 0 Å². The van der Waals surface area contributed by atoms with Gasteiger partial charge in [-0.1, -0.05) is 12.2 Å². The minimum atomic E-state index is -0.708. The average molecular weight is 248 g/mol. The van der Waals surface area contributed by atoms with Gasteiger partial charge in [-0.15, -0.1) is 0 Å². The Labute approximate surface area is 105 Å². The molecule has 5 atom stereocenters. The molecule has 0 aromatic heterocycles. The maximum absolute atomic E-state index is 12.3. The van der Waals surface area contributed by atoms with Crippen LogP contribution in [-0.4, -0.2) is 35.7 Å². The normalized spacial score (nSPS) is 38.2. The lowest BCUT2D eigenvalue weighted by atomic mass is 9.85. The van der Waals surface area contributed by atoms with E-state index in [-0.39, 0.29) is 41.4 Å². The highest BCUT2D eigenvalue weighted by Crippen LogP contribution is 2.52. The average Bonchev–Trinajstić information content (AvgIpc) is 3.02. The molecule has 5 heteroatoms. The Morgan fingerprint density at radius 3 is 2.22 bits per heavy atom. The Balaban J connectivity index is 1.90. The second kappa shape index (κ2) is 3.67. The van der Waals surface area contributed by atoms with Crippen molar-refractivity contribution in [1.82, 2.24) is 10.2 Å². The van der Waals surface area contributed by atoms with E-state index in [9.17, 15) is 14.4 Å². The number of hydrogen-bond acceptors (Lipinski definition) is 3. The molecule has 1 saturated heterocycles. The van der Waals surface area contributed by atoms with Crippen molar-refractivity contribution in [3.63, 3.8) is 0 Å². The van der Waals surface area contributed by atoms with Crippen LogP contribution in [0.2, 0.25) is 0 Å². The van der Waals surface area contributed by atoms with Gasteiger partial charge in [-0.05, 0) is 25.2 Å². The fourth-order valence-electron chi connectivity index (χ4n) is 3.63. The van der Waals surface area contributed by atoms with Gasteiger partial charge in [0, 0.05) is 7.05 Å². The first-order chi connectivity index (χ1) is 8.56. The molecule has 3 rings (SSSR count). The van der Waals surface area contributed by atoms with Crippen molar-refractivity contribution in [3.8, 4) is 0 Å². The van der Waals surface area contributed by atoms with Gasteiger partial charge in [0.05, 0.1) is 11.8 Å². The molecule has 3 aliphatic rings. The quantitative estimate of drug-likeness (QED) is 0.549. The summed E-state index contributed by atoms with van der Waals surface area (Å²) in [5, 5.41) is 2.49. The smallest absolute Gasteiger partial charge is 0.242 e. The molecule has 2 fully saturated rings. The molecular weight excluding hydrogens is 232 g/mol. The summed E-state index contributed by atoms with van der Waals surface area (Å²) in [5.74, 6) is -0.691. The fourth-order valence-corrected chi connectivity index (χ4v) is 3.63. The number of carbonyl (C=O) groups is 3. The van der Waals surface area contributed by atoms with Crippen molar-refractivity contribution in [1.29, 1.82) is 0 Å². The predicted octanol–water partition coefficient (Wildman–Crippen LogP) is -0.0720. The highest BCUT2D eigenvalue weighted by Gasteiger charge is 2.60. The van der Waals surface area contributed by atoms with Gasteiger partial charge in [0.2, 0.25) is 17.7 Å². The van der Waals surface area contributed by atoms with Crippen molar-refractivity contribution in [2.24, 2.45) is 23.7 Å². The molecular formula is C13H16N2O3. The van der Waals surface area contributed by atoms with Crippen LogP contribution in [0.3, 0.4) is 0 Å². The Morgan fingerprint density at radius 1 is 1.28 bits per heavy atom. The number of nitrogens with zero attached hydrogens (tertiary/aromatic N) is 1. The third-order valence-corrected chi connectivity index (χ3v) is 4.52. The first-order valence-electron chi connectivity index (χ1n) is 6.33. The molecule has 5 nitrogen and oxygen atoms in total. The molecule has 0 spiro atoms. The minimum Gasteiger partial charge on any atom is -0.357 e. The van der Waals surface area contributed by atoms with E-state index in [0.29, 0.717) is 0 Å². The van der Waals surface area contributed by atoms with Crippen LogP contribution in [0.5, 0.6) is 0 Å². The van der Waals surface area contributed by atoms with Crippen LogP contribution < -0.4 is 5.32 Å². The number of nitrogens with one attached hydrogen (secondary N) is 1. The summed E-state index contributed by atoms with van der Waals surface area (Å²) in [4.78, 5) is 37.5. The van der Waals surface area contributed by atoms with Crippen LogP contribution in [0.4, 0.5) is 0 Å². The molecule has 2 bridgehead atoms. The van der Waals surface area contributed by atoms with E-state index in [1.54, 1.807) is 6.92 Å². The topological polar surface area (TPSA) is 66.5 Å². The van der Waals surface area contributed by atoms with Crippen molar-refractivity contribution in [2.45, 2.75) is 19.4 Å². The maximum atomic E-state index is 12.3. The van der Waals surface area contributed by atoms with Crippen molar-refractivity contribution in [3.05, 3.63) is 12.2 Å². The van der Waals surface area contributed by atoms with E-state index >= 15 is 0 Å². The van der Waals surface area contributed by atoms with Gasteiger partial charge in [0.15, 0.2) is 0 Å². The molecule has 1 aliphatic heterocycles. The highest BCUT2D eigenvalue weighted by atomic mass is 16.2. The number of hydrogen-bond donors (Lipinski definition) is 1. The van der Waals surface area contributed by atoms with Gasteiger partial charge < -0.3 is 5.32 Å². The third-order valence-electron chi connectivity index (χ3n) is 4.52. The number of imide groups is 1. The van der Waals surface area contributed by atoms with Crippen LogP contribution in [0, 0.1) is 23.7 Å². The molecule has 3 amide bonds. The molecule has 1 saturated carbocycles. The summed E-state index contributed by atoms with van der Waals surface area (Å²) < 4.78 is 0. The SMILES string of the molecule is CNC(=O)C(C)N1C(=O)C2C3C=CC(C3)C2C1=O. The monoisotopic (exact) mass is 248 g/mol. The number of amides is 3. The number of likely N-dealkylation sites (N-methyl/N-ethyl adjacent to an activating group) is 1. The third kappa shape index (κ3) is 1.24. The summed E-state index contributed by atoms with van der Waals surface area (Å²) in [6.07, 6.45) is 5.01. The predicted molar refractivity (Wildman–Crippen MR) is 63.1 cm³/mol. The Morgan fingerprint density at radius 2 is 1.78 bits per heavy atom. The second-order valence-electron chi connectivity index (χ2n) is 5.34. The summed E-state index contributed by atoms with van der Waals surface area (Å²) in [6.45, 7) is 1.60. The van der Waals surface area contributed by atoms with E-state index in [1.165, 1.54) is 11.9 Å². The zero-order valence-corrected chi connectivity index (χ0v) is 10.4. The largest absolute Gasteiger partial charge is 0.357 e. The van der Waals surface area contributed by atoms with Crippen molar-refractivity contribution < 1.29 is 14.4 Å². The molecule has 18 heavy (non-hydrogen) atoms. The number of fused-ring (bicyclic) bond motifs is 5. The number of likely N-dealkylation sites (tertiary alicyclic amines) is 1. The Hall–Kier alpha value is -1.65. The zero-order chi connectivity index (χ0) is 13.0. The summed E-state index contributed by atoms with van der Waals surface area (Å²) in [5.41, 5.74) is 0. The van der Waals surface area contributed by atoms with E-state index in [2.05, 4.69) is 5.32 Å².